The number of pyridine rings is 1. The number of primary amides is 1. The molecule has 1 aromatic rings. The fraction of sp³-hybridized carbons (Fsp3) is 0.500. The molecule has 1 aliphatic rings. The Morgan fingerprint density at radius 1 is 1.43 bits per heavy atom. The average molecular weight is 318 g/mol. The summed E-state index contributed by atoms with van der Waals surface area (Å²) in [4.78, 5) is 32.9. The number of hydrogen-bond acceptors (Lipinski definition) is 5. The van der Waals surface area contributed by atoms with Crippen LogP contribution in [0, 0.1) is 12.8 Å². The third-order valence-electron chi connectivity index (χ3n) is 3.54. The Bertz CT molecular complexity index is 628. The normalized spacial score (nSPS) is 18.3. The Kier molecular flexibility index (Phi) is 5.31. The molecule has 2 amide bonds. The molecule has 7 heteroatoms. The maximum absolute atomic E-state index is 12.4. The summed E-state index contributed by atoms with van der Waals surface area (Å²) in [5.74, 6) is -0.496. The molecule has 0 bridgehead atoms. The highest BCUT2D eigenvalue weighted by atomic mass is 16.6. The van der Waals surface area contributed by atoms with Crippen molar-refractivity contribution in [3.05, 3.63) is 29.6 Å². The van der Waals surface area contributed by atoms with E-state index in [9.17, 15) is 9.59 Å². The number of oxime groups is 1. The van der Waals surface area contributed by atoms with Crippen LogP contribution in [-0.2, 0) is 9.63 Å². The van der Waals surface area contributed by atoms with Gasteiger partial charge in [0.2, 0.25) is 6.10 Å². The summed E-state index contributed by atoms with van der Waals surface area (Å²) in [6, 6.07) is 4.96. The number of nitrogens with zero attached hydrogens (tertiary/aromatic N) is 2. The van der Waals surface area contributed by atoms with E-state index >= 15 is 0 Å². The number of carbonyl (C=O) groups is 2. The van der Waals surface area contributed by atoms with Crippen molar-refractivity contribution in [1.82, 2.24) is 10.3 Å². The number of nitrogens with two attached hydrogens (primary N) is 1. The summed E-state index contributed by atoms with van der Waals surface area (Å²) in [6.45, 7) is 5.92. The fourth-order valence-electron chi connectivity index (χ4n) is 2.41. The number of aryl methyl sites for hydroxylation is 1. The molecule has 3 N–H and O–H groups in total. The molecule has 0 radical (unpaired) electrons. The van der Waals surface area contributed by atoms with Crippen molar-refractivity contribution in [2.24, 2.45) is 16.8 Å². The van der Waals surface area contributed by atoms with E-state index in [4.69, 9.17) is 10.6 Å². The highest BCUT2D eigenvalue weighted by molar-refractivity contribution is 6.00. The monoisotopic (exact) mass is 318 g/mol. The molecule has 0 fully saturated rings. The Morgan fingerprint density at radius 3 is 2.74 bits per heavy atom. The molecule has 0 saturated heterocycles. The molecule has 2 heterocycles. The van der Waals surface area contributed by atoms with Crippen molar-refractivity contribution in [3.63, 3.8) is 0 Å². The number of aromatic nitrogens is 1. The van der Waals surface area contributed by atoms with Crippen LogP contribution in [0.25, 0.3) is 0 Å². The van der Waals surface area contributed by atoms with Gasteiger partial charge in [-0.15, -0.1) is 0 Å². The lowest BCUT2D eigenvalue weighted by Crippen LogP contribution is -2.42. The van der Waals surface area contributed by atoms with Crippen LogP contribution in [0.3, 0.4) is 0 Å². The highest BCUT2D eigenvalue weighted by Gasteiger charge is 2.32. The molecule has 2 rings (SSSR count). The molecule has 0 spiro atoms. The molecule has 124 valence electrons. The van der Waals surface area contributed by atoms with E-state index in [1.54, 1.807) is 12.1 Å². The maximum Gasteiger partial charge on any atom is 0.270 e. The molecule has 1 unspecified atom stereocenters. The third kappa shape index (κ3) is 4.51. The highest BCUT2D eigenvalue weighted by Crippen LogP contribution is 2.17. The van der Waals surface area contributed by atoms with Crippen LogP contribution in [0.15, 0.2) is 23.4 Å². The molecule has 2 atom stereocenters. The Morgan fingerprint density at radius 2 is 2.17 bits per heavy atom. The molecular weight excluding hydrogens is 296 g/mol. The molecule has 7 nitrogen and oxygen atoms in total. The van der Waals surface area contributed by atoms with Gasteiger partial charge in [-0.2, -0.15) is 0 Å². The van der Waals surface area contributed by atoms with Gasteiger partial charge >= 0.3 is 0 Å². The molecule has 23 heavy (non-hydrogen) atoms. The van der Waals surface area contributed by atoms with Gasteiger partial charge in [0.25, 0.3) is 11.8 Å². The zero-order valence-electron chi connectivity index (χ0n) is 13.6. The van der Waals surface area contributed by atoms with Gasteiger partial charge in [-0.3, -0.25) is 9.59 Å². The van der Waals surface area contributed by atoms with Gasteiger partial charge in [-0.1, -0.05) is 25.1 Å². The number of amides is 2. The van der Waals surface area contributed by atoms with Crippen LogP contribution in [-0.4, -0.2) is 34.7 Å². The first-order valence-corrected chi connectivity index (χ1v) is 7.63. The van der Waals surface area contributed by atoms with Gasteiger partial charge in [0.05, 0.1) is 11.8 Å². The molecular formula is C16H22N4O3. The summed E-state index contributed by atoms with van der Waals surface area (Å²) in [5.41, 5.74) is 6.99. The Labute approximate surface area is 135 Å². The van der Waals surface area contributed by atoms with E-state index in [1.807, 2.05) is 26.8 Å². The molecule has 0 aromatic carbocycles. The van der Waals surface area contributed by atoms with E-state index in [0.29, 0.717) is 30.2 Å². The summed E-state index contributed by atoms with van der Waals surface area (Å²) < 4.78 is 0. The number of rotatable bonds is 6. The van der Waals surface area contributed by atoms with Crippen molar-refractivity contribution in [2.75, 3.05) is 0 Å². The van der Waals surface area contributed by atoms with Gasteiger partial charge < -0.3 is 15.9 Å². The van der Waals surface area contributed by atoms with E-state index in [1.165, 1.54) is 0 Å². The smallest absolute Gasteiger partial charge is 0.270 e. The lowest BCUT2D eigenvalue weighted by atomic mass is 9.96. The van der Waals surface area contributed by atoms with Gasteiger partial charge in [0.15, 0.2) is 0 Å². The minimum atomic E-state index is -0.756. The van der Waals surface area contributed by atoms with Crippen LogP contribution in [0.1, 0.15) is 42.9 Å². The number of carbonyl (C=O) groups excluding carboxylic acids is 2. The van der Waals surface area contributed by atoms with Crippen LogP contribution in [0.4, 0.5) is 0 Å². The quantitative estimate of drug-likeness (QED) is 0.820. The van der Waals surface area contributed by atoms with Crippen LogP contribution in [0.2, 0.25) is 0 Å². The fourth-order valence-corrected chi connectivity index (χ4v) is 2.41. The minimum absolute atomic E-state index is 0.274. The number of hydrogen-bond donors (Lipinski definition) is 2. The summed E-state index contributed by atoms with van der Waals surface area (Å²) in [5, 5.41) is 6.87. The van der Waals surface area contributed by atoms with E-state index in [0.717, 1.165) is 5.69 Å². The molecule has 1 aliphatic heterocycles. The van der Waals surface area contributed by atoms with Gasteiger partial charge in [-0.05, 0) is 31.4 Å². The first kappa shape index (κ1) is 16.9. The van der Waals surface area contributed by atoms with Gasteiger partial charge in [0, 0.05) is 12.1 Å². The standard InChI is InChI=1S/C16H22N4O3/c1-9(2)7-12(13-8-14(15(17)21)23-20-13)19-16(22)11-6-4-5-10(3)18-11/h4-6,9,12,14H,7-8H2,1-3H3,(H2,17,21)(H,19,22)/t12-,14?/m0/s1. The molecule has 1 aromatic heterocycles. The van der Waals surface area contributed by atoms with Crippen molar-refractivity contribution in [1.29, 1.82) is 0 Å². The van der Waals surface area contributed by atoms with Crippen LogP contribution in [0.5, 0.6) is 0 Å². The Hall–Kier alpha value is -2.44. The predicted octanol–water partition coefficient (Wildman–Crippen LogP) is 1.16. The summed E-state index contributed by atoms with van der Waals surface area (Å²) in [6.07, 6.45) is 0.230. The molecule has 0 aliphatic carbocycles. The Balaban J connectivity index is 2.10. The number of nitrogens with one attached hydrogen (secondary N) is 1. The van der Waals surface area contributed by atoms with E-state index in [2.05, 4.69) is 15.5 Å². The average Bonchev–Trinajstić information content (AvgIpc) is 2.96. The summed E-state index contributed by atoms with van der Waals surface area (Å²) >= 11 is 0. The topological polar surface area (TPSA) is 107 Å². The van der Waals surface area contributed by atoms with Crippen molar-refractivity contribution < 1.29 is 14.4 Å². The van der Waals surface area contributed by atoms with Gasteiger partial charge in [0.1, 0.15) is 5.69 Å². The first-order valence-electron chi connectivity index (χ1n) is 7.63. The lowest BCUT2D eigenvalue weighted by molar-refractivity contribution is -0.127. The lowest BCUT2D eigenvalue weighted by Gasteiger charge is -2.20. The zero-order valence-corrected chi connectivity index (χ0v) is 13.6. The third-order valence-corrected chi connectivity index (χ3v) is 3.54. The van der Waals surface area contributed by atoms with Crippen molar-refractivity contribution >= 4 is 17.5 Å². The van der Waals surface area contributed by atoms with Crippen LogP contribution >= 0.6 is 0 Å². The zero-order chi connectivity index (χ0) is 17.0. The second-order valence-electron chi connectivity index (χ2n) is 6.10. The van der Waals surface area contributed by atoms with Crippen molar-refractivity contribution in [3.8, 4) is 0 Å². The van der Waals surface area contributed by atoms with Crippen LogP contribution < -0.4 is 11.1 Å². The summed E-state index contributed by atoms with van der Waals surface area (Å²) in [7, 11) is 0. The van der Waals surface area contributed by atoms with E-state index in [-0.39, 0.29) is 11.9 Å². The van der Waals surface area contributed by atoms with Gasteiger partial charge in [-0.25, -0.2) is 4.98 Å². The minimum Gasteiger partial charge on any atom is -0.382 e. The SMILES string of the molecule is Cc1cccc(C(=O)N[C@@H](CC(C)C)C2=NOC(C(N)=O)C2)n1. The van der Waals surface area contributed by atoms with E-state index < -0.39 is 12.0 Å². The maximum atomic E-state index is 12.4. The second kappa shape index (κ2) is 7.21. The second-order valence-corrected chi connectivity index (χ2v) is 6.10. The van der Waals surface area contributed by atoms with Crippen molar-refractivity contribution in [2.45, 2.75) is 45.8 Å². The largest absolute Gasteiger partial charge is 0.382 e. The predicted molar refractivity (Wildman–Crippen MR) is 85.8 cm³/mol. The first-order chi connectivity index (χ1) is 10.9. The molecule has 0 saturated carbocycles.